The lowest BCUT2D eigenvalue weighted by molar-refractivity contribution is 0.0779. The van der Waals surface area contributed by atoms with Gasteiger partial charge in [0.1, 0.15) is 0 Å². The molecule has 158 valence electrons. The topological polar surface area (TPSA) is 36.4 Å². The molecule has 30 heavy (non-hydrogen) atoms. The molecule has 4 heteroatoms. The van der Waals surface area contributed by atoms with Gasteiger partial charge in [-0.2, -0.15) is 0 Å². The number of likely N-dealkylation sites (tertiary alicyclic amines) is 2. The highest BCUT2D eigenvalue weighted by Crippen LogP contribution is 2.47. The minimum Gasteiger partial charge on any atom is -0.338 e. The molecule has 0 spiro atoms. The van der Waals surface area contributed by atoms with Gasteiger partial charge in [-0.25, -0.2) is 0 Å². The fraction of sp³-hybridized carbons (Fsp3) is 0.538. The second-order valence-electron chi connectivity index (χ2n) is 9.58. The molecule has 1 aromatic carbocycles. The van der Waals surface area contributed by atoms with Gasteiger partial charge in [0.2, 0.25) is 0 Å². The van der Waals surface area contributed by atoms with Crippen molar-refractivity contribution >= 4 is 5.91 Å². The van der Waals surface area contributed by atoms with Gasteiger partial charge in [-0.15, -0.1) is 0 Å². The van der Waals surface area contributed by atoms with E-state index in [-0.39, 0.29) is 5.91 Å². The number of carbonyl (C=O) groups excluding carboxylic acids is 1. The largest absolute Gasteiger partial charge is 0.338 e. The number of aromatic nitrogens is 1. The van der Waals surface area contributed by atoms with Crippen LogP contribution in [0.3, 0.4) is 0 Å². The van der Waals surface area contributed by atoms with Crippen LogP contribution in [-0.4, -0.2) is 52.9 Å². The number of hydrogen-bond acceptors (Lipinski definition) is 3. The average Bonchev–Trinajstić information content (AvgIpc) is 3.49. The summed E-state index contributed by atoms with van der Waals surface area (Å²) in [4.78, 5) is 21.7. The molecule has 3 fully saturated rings. The highest BCUT2D eigenvalue weighted by molar-refractivity contribution is 5.94. The summed E-state index contributed by atoms with van der Waals surface area (Å²) in [6.07, 6.45) is 9.76. The Morgan fingerprint density at radius 2 is 1.97 bits per heavy atom. The van der Waals surface area contributed by atoms with Crippen LogP contribution in [0.4, 0.5) is 0 Å². The average molecular weight is 404 g/mol. The van der Waals surface area contributed by atoms with Gasteiger partial charge in [0.05, 0.1) is 5.56 Å². The van der Waals surface area contributed by atoms with Crippen LogP contribution < -0.4 is 0 Å². The van der Waals surface area contributed by atoms with Crippen molar-refractivity contribution in [2.24, 2.45) is 11.8 Å². The maximum Gasteiger partial charge on any atom is 0.255 e. The molecule has 4 nitrogen and oxygen atoms in total. The van der Waals surface area contributed by atoms with Crippen LogP contribution >= 0.6 is 0 Å². The summed E-state index contributed by atoms with van der Waals surface area (Å²) in [5.41, 5.74) is 3.63. The smallest absolute Gasteiger partial charge is 0.255 e. The van der Waals surface area contributed by atoms with Crippen molar-refractivity contribution in [2.45, 2.75) is 51.0 Å². The molecule has 1 aromatic heterocycles. The van der Waals surface area contributed by atoms with Gasteiger partial charge >= 0.3 is 0 Å². The lowest BCUT2D eigenvalue weighted by atomic mass is 9.86. The Morgan fingerprint density at radius 3 is 2.70 bits per heavy atom. The minimum atomic E-state index is 0.141. The van der Waals surface area contributed by atoms with Crippen molar-refractivity contribution in [1.29, 1.82) is 0 Å². The maximum absolute atomic E-state index is 12.9. The van der Waals surface area contributed by atoms with Gasteiger partial charge in [-0.05, 0) is 86.6 Å². The summed E-state index contributed by atoms with van der Waals surface area (Å²) in [6, 6.07) is 13.9. The lowest BCUT2D eigenvalue weighted by Crippen LogP contribution is -2.30. The summed E-state index contributed by atoms with van der Waals surface area (Å²) in [6.45, 7) is 6.59. The first-order valence-electron chi connectivity index (χ1n) is 11.7. The second-order valence-corrected chi connectivity index (χ2v) is 9.58. The number of amides is 1. The van der Waals surface area contributed by atoms with Crippen LogP contribution in [0.5, 0.6) is 0 Å². The molecule has 0 N–H and O–H groups in total. The van der Waals surface area contributed by atoms with Crippen LogP contribution in [-0.2, 0) is 6.42 Å². The Morgan fingerprint density at radius 1 is 1.10 bits per heavy atom. The predicted octanol–water partition coefficient (Wildman–Crippen LogP) is 4.37. The lowest BCUT2D eigenvalue weighted by Gasteiger charge is -2.22. The monoisotopic (exact) mass is 403 g/mol. The zero-order valence-electron chi connectivity index (χ0n) is 18.0. The van der Waals surface area contributed by atoms with Gasteiger partial charge in [-0.1, -0.05) is 24.3 Å². The van der Waals surface area contributed by atoms with Crippen LogP contribution in [0.2, 0.25) is 0 Å². The predicted molar refractivity (Wildman–Crippen MR) is 120 cm³/mol. The molecule has 1 saturated carbocycles. The Balaban J connectivity index is 1.21. The van der Waals surface area contributed by atoms with E-state index in [1.807, 2.05) is 12.1 Å². The van der Waals surface area contributed by atoms with E-state index in [9.17, 15) is 4.79 Å². The Hall–Kier alpha value is -2.20. The van der Waals surface area contributed by atoms with E-state index in [0.29, 0.717) is 23.3 Å². The third kappa shape index (κ3) is 3.90. The molecule has 2 saturated heterocycles. The van der Waals surface area contributed by atoms with Gasteiger partial charge in [0.25, 0.3) is 5.91 Å². The summed E-state index contributed by atoms with van der Waals surface area (Å²) in [5, 5.41) is 0. The molecule has 1 unspecified atom stereocenters. The number of carbonyl (C=O) groups is 1. The standard InChI is InChI=1S/C26H33N3O/c1-19-4-3-14-28(19)15-12-20-6-8-21(9-7-20)24-11-10-23-17-29(18-25(23)24)26(30)22-5-2-13-27-16-22/h2,5-9,13,16,19,23-25H,3-4,10-12,14-15,17-18H2,1H3/t19-,23-,24?,25+/m1/s1. The molecule has 3 heterocycles. The number of pyridine rings is 1. The van der Waals surface area contributed by atoms with E-state index in [1.54, 1.807) is 12.4 Å². The zero-order chi connectivity index (χ0) is 20.5. The molecular formula is C26H33N3O. The van der Waals surface area contributed by atoms with E-state index in [4.69, 9.17) is 0 Å². The first kappa shape index (κ1) is 19.7. The number of nitrogens with zero attached hydrogens (tertiary/aromatic N) is 3. The molecule has 1 amide bonds. The van der Waals surface area contributed by atoms with Crippen molar-refractivity contribution in [1.82, 2.24) is 14.8 Å². The highest BCUT2D eigenvalue weighted by atomic mass is 16.2. The van der Waals surface area contributed by atoms with Crippen molar-refractivity contribution in [3.63, 3.8) is 0 Å². The quantitative estimate of drug-likeness (QED) is 0.744. The Kier molecular flexibility index (Phi) is 5.60. The van der Waals surface area contributed by atoms with Crippen LogP contribution in [0.25, 0.3) is 0 Å². The normalized spacial score (nSPS) is 28.8. The number of rotatable bonds is 5. The maximum atomic E-state index is 12.9. The molecule has 2 aliphatic heterocycles. The van der Waals surface area contributed by atoms with Crippen molar-refractivity contribution in [2.75, 3.05) is 26.2 Å². The SMILES string of the molecule is C[C@@H]1CCCN1CCc1ccc(C2CC[C@@H]3CN(C(=O)c4cccnc4)C[C@H]23)cc1. The Bertz CT molecular complexity index is 866. The minimum absolute atomic E-state index is 0.141. The van der Waals surface area contributed by atoms with Crippen molar-refractivity contribution in [3.8, 4) is 0 Å². The first-order chi connectivity index (χ1) is 14.7. The molecular weight excluding hydrogens is 370 g/mol. The molecule has 1 aliphatic carbocycles. The van der Waals surface area contributed by atoms with Gasteiger partial charge < -0.3 is 9.80 Å². The summed E-state index contributed by atoms with van der Waals surface area (Å²) in [7, 11) is 0. The second kappa shape index (κ2) is 8.50. The van der Waals surface area contributed by atoms with E-state index in [2.05, 4.69) is 46.0 Å². The highest BCUT2D eigenvalue weighted by Gasteiger charge is 2.44. The van der Waals surface area contributed by atoms with Gasteiger partial charge in [-0.3, -0.25) is 9.78 Å². The summed E-state index contributed by atoms with van der Waals surface area (Å²) >= 11 is 0. The molecule has 4 atom stereocenters. The van der Waals surface area contributed by atoms with Crippen LogP contribution in [0, 0.1) is 11.8 Å². The van der Waals surface area contributed by atoms with E-state index >= 15 is 0 Å². The molecule has 0 bridgehead atoms. The summed E-state index contributed by atoms with van der Waals surface area (Å²) < 4.78 is 0. The van der Waals surface area contributed by atoms with Gasteiger partial charge in [0, 0.05) is 38.1 Å². The number of fused-ring (bicyclic) bond motifs is 1. The van der Waals surface area contributed by atoms with Crippen molar-refractivity contribution < 1.29 is 4.79 Å². The number of benzene rings is 1. The fourth-order valence-corrected chi connectivity index (χ4v) is 6.05. The van der Waals surface area contributed by atoms with Crippen LogP contribution in [0.15, 0.2) is 48.8 Å². The van der Waals surface area contributed by atoms with E-state index in [1.165, 1.54) is 49.9 Å². The van der Waals surface area contributed by atoms with Gasteiger partial charge in [0.15, 0.2) is 0 Å². The Labute approximate surface area is 180 Å². The summed E-state index contributed by atoms with van der Waals surface area (Å²) in [5.74, 6) is 1.98. The third-order valence-electron chi connectivity index (χ3n) is 7.84. The van der Waals surface area contributed by atoms with Crippen LogP contribution in [0.1, 0.15) is 60.0 Å². The molecule has 0 radical (unpaired) electrons. The fourth-order valence-electron chi connectivity index (χ4n) is 6.05. The number of hydrogen-bond donors (Lipinski definition) is 0. The molecule has 2 aromatic rings. The molecule has 3 aliphatic rings. The van der Waals surface area contributed by atoms with Crippen molar-refractivity contribution in [3.05, 3.63) is 65.5 Å². The van der Waals surface area contributed by atoms with E-state index < -0.39 is 0 Å². The van der Waals surface area contributed by atoms with E-state index in [0.717, 1.165) is 25.6 Å². The third-order valence-corrected chi connectivity index (χ3v) is 7.84. The molecule has 5 rings (SSSR count). The zero-order valence-corrected chi connectivity index (χ0v) is 18.0. The first-order valence-corrected chi connectivity index (χ1v) is 11.7.